The number of anilines is 1. The maximum absolute atomic E-state index is 2.70. The van der Waals surface area contributed by atoms with E-state index in [0.717, 1.165) is 31.2 Å². The Bertz CT molecular complexity index is 452. The standard InChI is InChI=1S/C19H27N/c1-3-4-5-9-15-20(16-11-7-6-8-12-16)19(2)17-13-10-14-18(17)19/h4-8,11-12,17-18H,3,9-10,13-15H2,1-2H3/b5-4+. The molecule has 108 valence electrons. The van der Waals surface area contributed by atoms with Crippen LogP contribution in [0.1, 0.15) is 46.0 Å². The lowest BCUT2D eigenvalue weighted by atomic mass is 10.0. The first kappa shape index (κ1) is 13.7. The van der Waals surface area contributed by atoms with Crippen LogP contribution in [0, 0.1) is 11.8 Å². The lowest BCUT2D eigenvalue weighted by molar-refractivity contribution is 0.494. The highest BCUT2D eigenvalue weighted by Crippen LogP contribution is 2.64. The number of para-hydroxylation sites is 1. The largest absolute Gasteiger partial charge is 0.365 e. The molecule has 0 aliphatic heterocycles. The maximum Gasteiger partial charge on any atom is 0.0437 e. The third-order valence-electron chi connectivity index (χ3n) is 5.48. The zero-order valence-electron chi connectivity index (χ0n) is 12.9. The summed E-state index contributed by atoms with van der Waals surface area (Å²) in [6.07, 6.45) is 11.3. The highest BCUT2D eigenvalue weighted by atomic mass is 15.3. The van der Waals surface area contributed by atoms with E-state index in [1.807, 2.05) is 0 Å². The molecule has 2 saturated carbocycles. The summed E-state index contributed by atoms with van der Waals surface area (Å²) in [5, 5.41) is 0. The van der Waals surface area contributed by atoms with Crippen LogP contribution in [-0.4, -0.2) is 12.1 Å². The first-order valence-corrected chi connectivity index (χ1v) is 8.26. The van der Waals surface area contributed by atoms with Crippen molar-refractivity contribution in [2.75, 3.05) is 11.4 Å². The van der Waals surface area contributed by atoms with Crippen LogP contribution in [0.5, 0.6) is 0 Å². The van der Waals surface area contributed by atoms with Crippen molar-refractivity contribution in [1.29, 1.82) is 0 Å². The Kier molecular flexibility index (Phi) is 3.87. The molecule has 2 aliphatic carbocycles. The van der Waals surface area contributed by atoms with E-state index in [1.165, 1.54) is 24.9 Å². The van der Waals surface area contributed by atoms with Crippen LogP contribution in [0.4, 0.5) is 5.69 Å². The monoisotopic (exact) mass is 269 g/mol. The Labute approximate surface area is 123 Å². The molecule has 1 aromatic rings. The fraction of sp³-hybridized carbons (Fsp3) is 0.579. The fourth-order valence-electron chi connectivity index (χ4n) is 4.37. The van der Waals surface area contributed by atoms with E-state index < -0.39 is 0 Å². The minimum Gasteiger partial charge on any atom is -0.365 e. The van der Waals surface area contributed by atoms with E-state index in [1.54, 1.807) is 0 Å². The highest BCUT2D eigenvalue weighted by molar-refractivity contribution is 5.52. The van der Waals surface area contributed by atoms with Gasteiger partial charge in [0.15, 0.2) is 0 Å². The highest BCUT2D eigenvalue weighted by Gasteiger charge is 2.65. The number of fused-ring (bicyclic) bond motifs is 1. The van der Waals surface area contributed by atoms with Crippen molar-refractivity contribution in [1.82, 2.24) is 0 Å². The van der Waals surface area contributed by atoms with Gasteiger partial charge in [0.25, 0.3) is 0 Å². The zero-order valence-corrected chi connectivity index (χ0v) is 12.9. The molecule has 0 saturated heterocycles. The molecular weight excluding hydrogens is 242 g/mol. The van der Waals surface area contributed by atoms with Crippen molar-refractivity contribution in [3.05, 3.63) is 42.5 Å². The van der Waals surface area contributed by atoms with Crippen LogP contribution >= 0.6 is 0 Å². The Morgan fingerprint density at radius 1 is 1.15 bits per heavy atom. The molecule has 0 heterocycles. The second kappa shape index (κ2) is 5.63. The smallest absolute Gasteiger partial charge is 0.0437 e. The fourth-order valence-corrected chi connectivity index (χ4v) is 4.37. The molecule has 20 heavy (non-hydrogen) atoms. The summed E-state index contributed by atoms with van der Waals surface area (Å²) >= 11 is 0. The number of nitrogens with zero attached hydrogens (tertiary/aromatic N) is 1. The van der Waals surface area contributed by atoms with Gasteiger partial charge in [0.05, 0.1) is 0 Å². The number of allylic oxidation sites excluding steroid dienone is 1. The molecule has 2 atom stereocenters. The number of benzene rings is 1. The Morgan fingerprint density at radius 2 is 1.85 bits per heavy atom. The van der Waals surface area contributed by atoms with Crippen molar-refractivity contribution < 1.29 is 0 Å². The summed E-state index contributed by atoms with van der Waals surface area (Å²) in [4.78, 5) is 2.70. The van der Waals surface area contributed by atoms with Crippen molar-refractivity contribution >= 4 is 5.69 Å². The second-order valence-electron chi connectivity index (χ2n) is 6.53. The van der Waals surface area contributed by atoms with E-state index >= 15 is 0 Å². The summed E-state index contributed by atoms with van der Waals surface area (Å²) in [7, 11) is 0. The molecule has 2 aliphatic rings. The lowest BCUT2D eigenvalue weighted by Crippen LogP contribution is -2.39. The van der Waals surface area contributed by atoms with Gasteiger partial charge in [-0.25, -0.2) is 0 Å². The normalized spacial score (nSPS) is 31.5. The van der Waals surface area contributed by atoms with Gasteiger partial charge in [-0.2, -0.15) is 0 Å². The van der Waals surface area contributed by atoms with Gasteiger partial charge in [0, 0.05) is 17.8 Å². The van der Waals surface area contributed by atoms with Crippen LogP contribution in [0.25, 0.3) is 0 Å². The van der Waals surface area contributed by atoms with Crippen molar-refractivity contribution in [3.63, 3.8) is 0 Å². The molecule has 0 aromatic heterocycles. The summed E-state index contributed by atoms with van der Waals surface area (Å²) in [6.45, 7) is 5.86. The second-order valence-corrected chi connectivity index (χ2v) is 6.53. The van der Waals surface area contributed by atoms with Crippen LogP contribution in [-0.2, 0) is 0 Å². The first-order chi connectivity index (χ1) is 9.78. The third kappa shape index (κ3) is 2.28. The Morgan fingerprint density at radius 3 is 2.50 bits per heavy atom. The van der Waals surface area contributed by atoms with Gasteiger partial charge in [0.2, 0.25) is 0 Å². The maximum atomic E-state index is 2.70. The van der Waals surface area contributed by atoms with Crippen LogP contribution in [0.3, 0.4) is 0 Å². The average molecular weight is 269 g/mol. The summed E-state index contributed by atoms with van der Waals surface area (Å²) in [6, 6.07) is 11.0. The van der Waals surface area contributed by atoms with Gasteiger partial charge in [-0.3, -0.25) is 0 Å². The molecule has 1 nitrogen and oxygen atoms in total. The van der Waals surface area contributed by atoms with Crippen molar-refractivity contribution in [2.45, 2.75) is 51.5 Å². The van der Waals surface area contributed by atoms with Crippen LogP contribution < -0.4 is 4.90 Å². The van der Waals surface area contributed by atoms with Crippen molar-refractivity contribution in [3.8, 4) is 0 Å². The van der Waals surface area contributed by atoms with Gasteiger partial charge in [-0.05, 0) is 56.6 Å². The summed E-state index contributed by atoms with van der Waals surface area (Å²) < 4.78 is 0. The Hall–Kier alpha value is -1.24. The molecule has 0 amide bonds. The molecule has 1 heteroatoms. The van der Waals surface area contributed by atoms with E-state index in [9.17, 15) is 0 Å². The molecule has 0 radical (unpaired) electrons. The third-order valence-corrected chi connectivity index (χ3v) is 5.48. The van der Waals surface area contributed by atoms with Gasteiger partial charge in [-0.15, -0.1) is 0 Å². The average Bonchev–Trinajstić information content (AvgIpc) is 2.86. The number of hydrogen-bond acceptors (Lipinski definition) is 1. The van der Waals surface area contributed by atoms with Gasteiger partial charge in [-0.1, -0.05) is 43.7 Å². The molecule has 0 bridgehead atoms. The lowest BCUT2D eigenvalue weighted by Gasteiger charge is -2.34. The van der Waals surface area contributed by atoms with Crippen LogP contribution in [0.15, 0.2) is 42.5 Å². The predicted octanol–water partition coefficient (Wildman–Crippen LogP) is 5.04. The Balaban J connectivity index is 1.76. The molecule has 0 spiro atoms. The summed E-state index contributed by atoms with van der Waals surface area (Å²) in [5.41, 5.74) is 1.84. The van der Waals surface area contributed by atoms with Crippen LogP contribution in [0.2, 0.25) is 0 Å². The minimum absolute atomic E-state index is 0.430. The van der Waals surface area contributed by atoms with Gasteiger partial charge in [0.1, 0.15) is 0 Å². The van der Waals surface area contributed by atoms with Gasteiger partial charge >= 0.3 is 0 Å². The molecule has 3 rings (SSSR count). The first-order valence-electron chi connectivity index (χ1n) is 8.26. The van der Waals surface area contributed by atoms with E-state index in [4.69, 9.17) is 0 Å². The summed E-state index contributed by atoms with van der Waals surface area (Å²) in [5.74, 6) is 1.88. The van der Waals surface area contributed by atoms with E-state index in [0.29, 0.717) is 5.54 Å². The van der Waals surface area contributed by atoms with Crippen molar-refractivity contribution in [2.24, 2.45) is 11.8 Å². The molecule has 2 unspecified atom stereocenters. The van der Waals surface area contributed by atoms with E-state index in [2.05, 4.69) is 61.2 Å². The zero-order chi connectivity index (χ0) is 14.0. The minimum atomic E-state index is 0.430. The number of hydrogen-bond donors (Lipinski definition) is 0. The van der Waals surface area contributed by atoms with E-state index in [-0.39, 0.29) is 0 Å². The predicted molar refractivity (Wildman–Crippen MR) is 87.1 cm³/mol. The van der Waals surface area contributed by atoms with Gasteiger partial charge < -0.3 is 4.90 Å². The molecular formula is C19H27N. The quantitative estimate of drug-likeness (QED) is 0.654. The molecule has 1 aromatic carbocycles. The molecule has 2 fully saturated rings. The topological polar surface area (TPSA) is 3.24 Å². The molecule has 0 N–H and O–H groups in total. The SMILES string of the molecule is CC/C=C/CCN(c1ccccc1)C1(C)C2CCCC21. The number of rotatable bonds is 6.